The second-order valence-electron chi connectivity index (χ2n) is 6.73. The summed E-state index contributed by atoms with van der Waals surface area (Å²) in [6.07, 6.45) is 6.47. The van der Waals surface area contributed by atoms with Crippen LogP contribution < -0.4 is 0 Å². The zero-order valence-electron chi connectivity index (χ0n) is 17.0. The molecule has 0 N–H and O–H groups in total. The summed E-state index contributed by atoms with van der Waals surface area (Å²) in [5, 5.41) is 0. The zero-order chi connectivity index (χ0) is 18.5. The molecule has 1 saturated heterocycles. The molecule has 1 rings (SSSR count). The number of thioether (sulfide) groups is 1. The van der Waals surface area contributed by atoms with Gasteiger partial charge in [-0.15, -0.1) is 11.8 Å². The Kier molecular flexibility index (Phi) is 13.3. The highest BCUT2D eigenvalue weighted by Crippen LogP contribution is 2.33. The third-order valence-electron chi connectivity index (χ3n) is 4.48. The summed E-state index contributed by atoms with van der Waals surface area (Å²) in [7, 11) is 0. The van der Waals surface area contributed by atoms with Crippen molar-refractivity contribution in [2.75, 3.05) is 25.6 Å². The second kappa shape index (κ2) is 14.3. The zero-order valence-corrected chi connectivity index (χ0v) is 17.8. The molecule has 1 heterocycles. The Morgan fingerprint density at radius 2 is 1.20 bits per heavy atom. The van der Waals surface area contributed by atoms with Gasteiger partial charge in [-0.3, -0.25) is 0 Å². The van der Waals surface area contributed by atoms with Crippen molar-refractivity contribution in [2.24, 2.45) is 0 Å². The fourth-order valence-corrected chi connectivity index (χ4v) is 3.96. The van der Waals surface area contributed by atoms with E-state index in [1.165, 1.54) is 0 Å². The standard InChI is InChI=1S/C20H40O4S/c1-6-10-13-21-17-16(5)24-20(25-9-4)19(23-15-12-8-3)18(17)22-14-11-7-2/h16-20H,6-15H2,1-5H3. The Balaban J connectivity index is 2.84. The van der Waals surface area contributed by atoms with Gasteiger partial charge in [0.25, 0.3) is 0 Å². The monoisotopic (exact) mass is 376 g/mol. The predicted molar refractivity (Wildman–Crippen MR) is 106 cm³/mol. The van der Waals surface area contributed by atoms with Gasteiger partial charge in [0.2, 0.25) is 0 Å². The molecular weight excluding hydrogens is 336 g/mol. The van der Waals surface area contributed by atoms with Gasteiger partial charge in [0.05, 0.1) is 6.10 Å². The van der Waals surface area contributed by atoms with Crippen LogP contribution in [0.25, 0.3) is 0 Å². The maximum absolute atomic E-state index is 6.31. The molecule has 0 aliphatic carbocycles. The van der Waals surface area contributed by atoms with Crippen molar-refractivity contribution in [3.63, 3.8) is 0 Å². The van der Waals surface area contributed by atoms with Gasteiger partial charge in [-0.25, -0.2) is 0 Å². The summed E-state index contributed by atoms with van der Waals surface area (Å²) in [4.78, 5) is 0. The van der Waals surface area contributed by atoms with Gasteiger partial charge in [0.1, 0.15) is 23.7 Å². The molecule has 5 unspecified atom stereocenters. The van der Waals surface area contributed by atoms with Crippen molar-refractivity contribution in [1.29, 1.82) is 0 Å². The summed E-state index contributed by atoms with van der Waals surface area (Å²) < 4.78 is 25.1. The van der Waals surface area contributed by atoms with Crippen molar-refractivity contribution in [3.8, 4) is 0 Å². The molecular formula is C20H40O4S. The van der Waals surface area contributed by atoms with Gasteiger partial charge in [-0.2, -0.15) is 0 Å². The molecule has 0 aromatic rings. The Bertz CT molecular complexity index is 316. The predicted octanol–water partition coefficient (Wildman–Crippen LogP) is 5.04. The first kappa shape index (κ1) is 23.2. The first-order chi connectivity index (χ1) is 12.2. The van der Waals surface area contributed by atoms with Gasteiger partial charge in [-0.1, -0.05) is 47.0 Å². The van der Waals surface area contributed by atoms with Gasteiger partial charge < -0.3 is 18.9 Å². The fourth-order valence-electron chi connectivity index (χ4n) is 2.96. The summed E-state index contributed by atoms with van der Waals surface area (Å²) in [5.41, 5.74) is 0.0227. The van der Waals surface area contributed by atoms with E-state index < -0.39 is 0 Å². The van der Waals surface area contributed by atoms with E-state index in [1.54, 1.807) is 0 Å². The van der Waals surface area contributed by atoms with E-state index in [9.17, 15) is 0 Å². The van der Waals surface area contributed by atoms with Gasteiger partial charge in [0, 0.05) is 19.8 Å². The van der Waals surface area contributed by atoms with Crippen molar-refractivity contribution in [3.05, 3.63) is 0 Å². The SMILES string of the molecule is CCCCOC1C(C)OC(SCC)C(OCCCC)C1OCCCC. The maximum atomic E-state index is 6.31. The molecule has 1 aliphatic heterocycles. The van der Waals surface area contributed by atoms with Crippen LogP contribution in [0.2, 0.25) is 0 Å². The highest BCUT2D eigenvalue weighted by atomic mass is 32.2. The number of ether oxygens (including phenoxy) is 4. The average Bonchev–Trinajstić information content (AvgIpc) is 2.60. The Morgan fingerprint density at radius 1 is 0.720 bits per heavy atom. The van der Waals surface area contributed by atoms with Crippen LogP contribution in [0.4, 0.5) is 0 Å². The molecule has 0 spiro atoms. The van der Waals surface area contributed by atoms with E-state index in [1.807, 2.05) is 11.8 Å². The molecule has 0 aromatic heterocycles. The molecule has 0 aromatic carbocycles. The minimum Gasteiger partial charge on any atom is -0.373 e. The van der Waals surface area contributed by atoms with Crippen LogP contribution >= 0.6 is 11.8 Å². The van der Waals surface area contributed by atoms with Crippen LogP contribution in [0.3, 0.4) is 0 Å². The van der Waals surface area contributed by atoms with Crippen LogP contribution in [0, 0.1) is 0 Å². The molecule has 1 fully saturated rings. The van der Waals surface area contributed by atoms with E-state index >= 15 is 0 Å². The largest absolute Gasteiger partial charge is 0.373 e. The lowest BCUT2D eigenvalue weighted by atomic mass is 10.00. The van der Waals surface area contributed by atoms with Crippen LogP contribution in [-0.4, -0.2) is 55.4 Å². The third-order valence-corrected chi connectivity index (χ3v) is 5.52. The molecule has 0 bridgehead atoms. The smallest absolute Gasteiger partial charge is 0.132 e. The molecule has 1 aliphatic rings. The van der Waals surface area contributed by atoms with Crippen molar-refractivity contribution in [1.82, 2.24) is 0 Å². The van der Waals surface area contributed by atoms with E-state index in [-0.39, 0.29) is 29.9 Å². The van der Waals surface area contributed by atoms with Crippen LogP contribution in [0.1, 0.15) is 73.1 Å². The van der Waals surface area contributed by atoms with E-state index in [2.05, 4.69) is 34.6 Å². The topological polar surface area (TPSA) is 36.9 Å². The average molecular weight is 377 g/mol. The molecule has 4 nitrogen and oxygen atoms in total. The minimum atomic E-state index is -0.0591. The summed E-state index contributed by atoms with van der Waals surface area (Å²) >= 11 is 1.81. The van der Waals surface area contributed by atoms with Crippen molar-refractivity contribution >= 4 is 11.8 Å². The molecule has 0 radical (unpaired) electrons. The number of hydrogen-bond acceptors (Lipinski definition) is 5. The van der Waals surface area contributed by atoms with E-state index in [4.69, 9.17) is 18.9 Å². The Hall–Kier alpha value is 0.190. The highest BCUT2D eigenvalue weighted by molar-refractivity contribution is 7.99. The molecule has 0 amide bonds. The lowest BCUT2D eigenvalue weighted by Gasteiger charge is -2.45. The van der Waals surface area contributed by atoms with Gasteiger partial charge in [-0.05, 0) is 31.9 Å². The molecule has 25 heavy (non-hydrogen) atoms. The van der Waals surface area contributed by atoms with Crippen LogP contribution in [0.15, 0.2) is 0 Å². The summed E-state index contributed by atoms with van der Waals surface area (Å²) in [6, 6.07) is 0. The fraction of sp³-hybridized carbons (Fsp3) is 1.00. The molecule has 5 heteroatoms. The first-order valence-corrected chi connectivity index (χ1v) is 11.4. The van der Waals surface area contributed by atoms with Gasteiger partial charge in [0.15, 0.2) is 0 Å². The molecule has 5 atom stereocenters. The number of unbranched alkanes of at least 4 members (excludes halogenated alkanes) is 3. The quantitative estimate of drug-likeness (QED) is 0.397. The lowest BCUT2D eigenvalue weighted by molar-refractivity contribution is -0.235. The normalized spacial score (nSPS) is 29.9. The first-order valence-electron chi connectivity index (χ1n) is 10.3. The Labute approximate surface area is 159 Å². The Morgan fingerprint density at radius 3 is 1.68 bits per heavy atom. The summed E-state index contributed by atoms with van der Waals surface area (Å²) in [5.74, 6) is 1.01. The third kappa shape index (κ3) is 8.17. The second-order valence-corrected chi connectivity index (χ2v) is 8.11. The van der Waals surface area contributed by atoms with Gasteiger partial charge >= 0.3 is 0 Å². The van der Waals surface area contributed by atoms with E-state index in [0.29, 0.717) is 0 Å². The number of hydrogen-bond donors (Lipinski definition) is 0. The van der Waals surface area contributed by atoms with Crippen LogP contribution in [0.5, 0.6) is 0 Å². The van der Waals surface area contributed by atoms with Crippen molar-refractivity contribution < 1.29 is 18.9 Å². The molecule has 150 valence electrons. The summed E-state index contributed by atoms with van der Waals surface area (Å²) in [6.45, 7) is 13.1. The highest BCUT2D eigenvalue weighted by Gasteiger charge is 2.46. The van der Waals surface area contributed by atoms with Crippen molar-refractivity contribution in [2.45, 2.75) is 103 Å². The molecule has 0 saturated carbocycles. The maximum Gasteiger partial charge on any atom is 0.132 e. The lowest BCUT2D eigenvalue weighted by Crippen LogP contribution is -2.58. The van der Waals surface area contributed by atoms with Crippen LogP contribution in [-0.2, 0) is 18.9 Å². The minimum absolute atomic E-state index is 0.0227. The number of rotatable bonds is 14. The van der Waals surface area contributed by atoms with E-state index in [0.717, 1.165) is 64.1 Å².